The lowest BCUT2D eigenvalue weighted by atomic mass is 10.1. The number of carbonyl (C=O) groups is 1. The summed E-state index contributed by atoms with van der Waals surface area (Å²) in [7, 11) is 2.04. The third-order valence-electron chi connectivity index (χ3n) is 3.31. The Balaban J connectivity index is 2.23. The second-order valence-corrected chi connectivity index (χ2v) is 5.49. The maximum absolute atomic E-state index is 11.4. The van der Waals surface area contributed by atoms with Crippen molar-refractivity contribution in [3.8, 4) is 0 Å². The van der Waals surface area contributed by atoms with Gasteiger partial charge in [0.15, 0.2) is 6.10 Å². The first kappa shape index (κ1) is 13.2. The maximum Gasteiger partial charge on any atom is 0.257 e. The van der Waals surface area contributed by atoms with Crippen LogP contribution in [0.2, 0.25) is 0 Å². The second-order valence-electron chi connectivity index (χ2n) is 4.58. The summed E-state index contributed by atoms with van der Waals surface area (Å²) in [6, 6.07) is 6.09. The Labute approximate surface area is 111 Å². The molecule has 0 aromatic heterocycles. The first-order chi connectivity index (χ1) is 8.54. The molecular formula is C13H18N2O2S. The quantitative estimate of drug-likeness (QED) is 0.873. The summed E-state index contributed by atoms with van der Waals surface area (Å²) in [6.07, 6.45) is 1.06. The lowest BCUT2D eigenvalue weighted by Crippen LogP contribution is -2.30. The predicted octanol–water partition coefficient (Wildman–Crippen LogP) is 1.86. The van der Waals surface area contributed by atoms with Crippen molar-refractivity contribution >= 4 is 29.0 Å². The van der Waals surface area contributed by atoms with Crippen LogP contribution in [0, 0.1) is 0 Å². The highest BCUT2D eigenvalue weighted by molar-refractivity contribution is 7.98. The SMILES string of the molecule is CSCC(C)N(C)c1ccc2c(c1)NC(=O)C2O. The molecule has 0 radical (unpaired) electrons. The molecule has 4 nitrogen and oxygen atoms in total. The highest BCUT2D eigenvalue weighted by Gasteiger charge is 2.28. The van der Waals surface area contributed by atoms with Gasteiger partial charge in [-0.2, -0.15) is 11.8 Å². The van der Waals surface area contributed by atoms with Crippen LogP contribution < -0.4 is 10.2 Å². The Kier molecular flexibility index (Phi) is 3.82. The lowest BCUT2D eigenvalue weighted by Gasteiger charge is -2.27. The van der Waals surface area contributed by atoms with Crippen molar-refractivity contribution < 1.29 is 9.90 Å². The number of thioether (sulfide) groups is 1. The van der Waals surface area contributed by atoms with Gasteiger partial charge in [0.1, 0.15) is 0 Å². The number of benzene rings is 1. The number of hydrogen-bond donors (Lipinski definition) is 2. The van der Waals surface area contributed by atoms with E-state index in [1.807, 2.05) is 37.0 Å². The zero-order chi connectivity index (χ0) is 13.3. The molecule has 1 heterocycles. The van der Waals surface area contributed by atoms with Crippen molar-refractivity contribution in [3.63, 3.8) is 0 Å². The average molecular weight is 266 g/mol. The number of hydrogen-bond acceptors (Lipinski definition) is 4. The molecule has 0 aliphatic carbocycles. The summed E-state index contributed by atoms with van der Waals surface area (Å²) in [6.45, 7) is 2.16. The number of aliphatic hydroxyl groups excluding tert-OH is 1. The number of fused-ring (bicyclic) bond motifs is 1. The number of nitrogens with one attached hydrogen (secondary N) is 1. The summed E-state index contributed by atoms with van der Waals surface area (Å²) >= 11 is 1.81. The number of anilines is 2. The lowest BCUT2D eigenvalue weighted by molar-refractivity contribution is -0.123. The minimum absolute atomic E-state index is 0.345. The second kappa shape index (κ2) is 5.20. The first-order valence-corrected chi connectivity index (χ1v) is 7.28. The van der Waals surface area contributed by atoms with E-state index in [0.29, 0.717) is 17.3 Å². The van der Waals surface area contributed by atoms with E-state index in [0.717, 1.165) is 11.4 Å². The van der Waals surface area contributed by atoms with Crippen LogP contribution in [0.25, 0.3) is 0 Å². The van der Waals surface area contributed by atoms with Gasteiger partial charge in [0.05, 0.1) is 0 Å². The molecule has 2 N–H and O–H groups in total. The third-order valence-corrected chi connectivity index (χ3v) is 4.13. The Bertz CT molecular complexity index is 464. The third kappa shape index (κ3) is 2.33. The van der Waals surface area contributed by atoms with Crippen LogP contribution in [-0.2, 0) is 4.79 Å². The van der Waals surface area contributed by atoms with Gasteiger partial charge in [-0.05, 0) is 25.3 Å². The molecule has 1 aliphatic rings. The largest absolute Gasteiger partial charge is 0.378 e. The fourth-order valence-electron chi connectivity index (χ4n) is 2.06. The molecule has 2 atom stereocenters. The van der Waals surface area contributed by atoms with Crippen LogP contribution in [-0.4, -0.2) is 36.1 Å². The Morgan fingerprint density at radius 2 is 2.28 bits per heavy atom. The van der Waals surface area contributed by atoms with Crippen molar-refractivity contribution in [2.24, 2.45) is 0 Å². The number of rotatable bonds is 4. The molecule has 0 saturated carbocycles. The molecule has 1 aliphatic heterocycles. The van der Waals surface area contributed by atoms with Gasteiger partial charge in [0.25, 0.3) is 5.91 Å². The van der Waals surface area contributed by atoms with Crippen molar-refractivity contribution in [2.45, 2.75) is 19.1 Å². The van der Waals surface area contributed by atoms with Crippen LogP contribution in [0.4, 0.5) is 11.4 Å². The molecule has 0 bridgehead atoms. The van der Waals surface area contributed by atoms with E-state index < -0.39 is 6.10 Å². The van der Waals surface area contributed by atoms with E-state index >= 15 is 0 Å². The molecule has 0 fully saturated rings. The van der Waals surface area contributed by atoms with Crippen molar-refractivity contribution in [1.29, 1.82) is 0 Å². The Morgan fingerprint density at radius 3 is 2.94 bits per heavy atom. The standard InChI is InChI=1S/C13H18N2O2S/c1-8(7-18-3)15(2)9-4-5-10-11(6-9)14-13(17)12(10)16/h4-6,8,12,16H,7H2,1-3H3,(H,14,17). The topological polar surface area (TPSA) is 52.6 Å². The van der Waals surface area contributed by atoms with Gasteiger partial charge in [-0.1, -0.05) is 6.07 Å². The summed E-state index contributed by atoms with van der Waals surface area (Å²) in [5.41, 5.74) is 2.42. The van der Waals surface area contributed by atoms with E-state index in [9.17, 15) is 9.90 Å². The van der Waals surface area contributed by atoms with Gasteiger partial charge >= 0.3 is 0 Å². The van der Waals surface area contributed by atoms with Crippen molar-refractivity contribution in [1.82, 2.24) is 0 Å². The molecule has 0 saturated heterocycles. The molecule has 18 heavy (non-hydrogen) atoms. The van der Waals surface area contributed by atoms with E-state index in [2.05, 4.69) is 23.4 Å². The fourth-order valence-corrected chi connectivity index (χ4v) is 2.77. The number of carbonyl (C=O) groups excluding carboxylic acids is 1. The van der Waals surface area contributed by atoms with Gasteiger partial charge in [-0.25, -0.2) is 0 Å². The van der Waals surface area contributed by atoms with Gasteiger partial charge < -0.3 is 15.3 Å². The Morgan fingerprint density at radius 1 is 1.56 bits per heavy atom. The molecule has 2 rings (SSSR count). The van der Waals surface area contributed by atoms with Gasteiger partial charge in [-0.3, -0.25) is 4.79 Å². The molecule has 1 aromatic carbocycles. The highest BCUT2D eigenvalue weighted by atomic mass is 32.2. The molecular weight excluding hydrogens is 248 g/mol. The predicted molar refractivity (Wildman–Crippen MR) is 76.3 cm³/mol. The van der Waals surface area contributed by atoms with Gasteiger partial charge in [0, 0.05) is 35.8 Å². The van der Waals surface area contributed by atoms with Crippen molar-refractivity contribution in [2.75, 3.05) is 29.3 Å². The van der Waals surface area contributed by atoms with Crippen LogP contribution >= 0.6 is 11.8 Å². The van der Waals surface area contributed by atoms with Crippen LogP contribution in [0.5, 0.6) is 0 Å². The molecule has 2 unspecified atom stereocenters. The highest BCUT2D eigenvalue weighted by Crippen LogP contribution is 2.34. The molecule has 5 heteroatoms. The van der Waals surface area contributed by atoms with Crippen LogP contribution in [0.1, 0.15) is 18.6 Å². The maximum atomic E-state index is 11.4. The van der Waals surface area contributed by atoms with Crippen molar-refractivity contribution in [3.05, 3.63) is 23.8 Å². The number of aliphatic hydroxyl groups is 1. The number of nitrogens with zero attached hydrogens (tertiary/aromatic N) is 1. The Hall–Kier alpha value is -1.20. The number of amides is 1. The summed E-state index contributed by atoms with van der Waals surface area (Å²) < 4.78 is 0. The smallest absolute Gasteiger partial charge is 0.257 e. The van der Waals surface area contributed by atoms with Gasteiger partial charge in [0.2, 0.25) is 0 Å². The molecule has 1 amide bonds. The monoisotopic (exact) mass is 266 g/mol. The minimum Gasteiger partial charge on any atom is -0.378 e. The van der Waals surface area contributed by atoms with Crippen LogP contribution in [0.3, 0.4) is 0 Å². The summed E-state index contributed by atoms with van der Waals surface area (Å²) in [5.74, 6) is 0.699. The minimum atomic E-state index is -1.03. The average Bonchev–Trinajstić information content (AvgIpc) is 2.64. The zero-order valence-corrected chi connectivity index (χ0v) is 11.6. The van der Waals surface area contributed by atoms with E-state index in [1.54, 1.807) is 0 Å². The molecule has 98 valence electrons. The molecule has 1 aromatic rings. The normalized spacial score (nSPS) is 19.3. The van der Waals surface area contributed by atoms with E-state index in [1.165, 1.54) is 0 Å². The summed E-state index contributed by atoms with van der Waals surface area (Å²) in [4.78, 5) is 13.5. The zero-order valence-electron chi connectivity index (χ0n) is 10.8. The van der Waals surface area contributed by atoms with Gasteiger partial charge in [-0.15, -0.1) is 0 Å². The molecule has 0 spiro atoms. The van der Waals surface area contributed by atoms with E-state index in [4.69, 9.17) is 0 Å². The van der Waals surface area contributed by atoms with E-state index in [-0.39, 0.29) is 5.91 Å². The fraction of sp³-hybridized carbons (Fsp3) is 0.462. The van der Waals surface area contributed by atoms with Crippen LogP contribution in [0.15, 0.2) is 18.2 Å². The first-order valence-electron chi connectivity index (χ1n) is 5.89. The summed E-state index contributed by atoms with van der Waals surface area (Å²) in [5, 5.41) is 12.3.